The molecule has 1 aromatic carbocycles. The van der Waals surface area contributed by atoms with E-state index >= 15 is 0 Å². The van der Waals surface area contributed by atoms with Gasteiger partial charge < -0.3 is 14.4 Å². The van der Waals surface area contributed by atoms with Crippen LogP contribution < -0.4 is 4.90 Å². The summed E-state index contributed by atoms with van der Waals surface area (Å²) < 4.78 is 1.92. The van der Waals surface area contributed by atoms with E-state index in [9.17, 15) is 14.7 Å². The van der Waals surface area contributed by atoms with Gasteiger partial charge in [-0.25, -0.2) is 4.98 Å². The average Bonchev–Trinajstić information content (AvgIpc) is 3.04. The number of carboxylic acids is 1. The van der Waals surface area contributed by atoms with Crippen molar-refractivity contribution < 1.29 is 14.7 Å². The Balaban J connectivity index is 1.62. The number of benzene rings is 1. The summed E-state index contributed by atoms with van der Waals surface area (Å²) >= 11 is 0. The fourth-order valence-corrected chi connectivity index (χ4v) is 3.62. The molecule has 1 aliphatic heterocycles. The van der Waals surface area contributed by atoms with E-state index in [-0.39, 0.29) is 12.3 Å². The molecule has 0 aliphatic carbocycles. The first-order valence-corrected chi connectivity index (χ1v) is 8.60. The Morgan fingerprint density at radius 3 is 2.81 bits per heavy atom. The number of carboxylic acid groups (broad SMARTS) is 1. The smallest absolute Gasteiger partial charge is 0.311 e. The molecule has 132 valence electrons. The van der Waals surface area contributed by atoms with Gasteiger partial charge in [-0.05, 0) is 36.6 Å². The Hall–Kier alpha value is -3.15. The molecular weight excluding hydrogens is 330 g/mol. The maximum absolute atomic E-state index is 12.9. The van der Waals surface area contributed by atoms with Crippen LogP contribution in [0.3, 0.4) is 0 Å². The normalized spacial score (nSPS) is 16.5. The van der Waals surface area contributed by atoms with E-state index in [0.717, 1.165) is 11.2 Å². The lowest BCUT2D eigenvalue weighted by molar-refractivity contribution is -0.139. The lowest BCUT2D eigenvalue weighted by Gasteiger charge is -2.32. The van der Waals surface area contributed by atoms with Gasteiger partial charge in [-0.3, -0.25) is 9.59 Å². The Labute approximate surface area is 150 Å². The van der Waals surface area contributed by atoms with Crippen LogP contribution in [0.15, 0.2) is 48.8 Å². The second kappa shape index (κ2) is 6.29. The van der Waals surface area contributed by atoms with E-state index in [0.29, 0.717) is 29.9 Å². The summed E-state index contributed by atoms with van der Waals surface area (Å²) in [5.74, 6) is -1.48. The van der Waals surface area contributed by atoms with E-state index < -0.39 is 11.9 Å². The van der Waals surface area contributed by atoms with E-state index in [4.69, 9.17) is 0 Å². The maximum Gasteiger partial charge on any atom is 0.311 e. The van der Waals surface area contributed by atoms with Crippen molar-refractivity contribution in [3.05, 3.63) is 65.6 Å². The number of anilines is 1. The van der Waals surface area contributed by atoms with Crippen LogP contribution in [0.2, 0.25) is 0 Å². The van der Waals surface area contributed by atoms with Gasteiger partial charge in [0, 0.05) is 24.6 Å². The SMILES string of the molecule is Cc1cccn2cc(CC(=O)N3CCC(C(=O)O)c4ccccc43)nc12. The Kier molecular flexibility index (Phi) is 3.95. The molecule has 0 saturated heterocycles. The van der Waals surface area contributed by atoms with Crippen molar-refractivity contribution in [2.24, 2.45) is 0 Å². The fraction of sp³-hybridized carbons (Fsp3) is 0.250. The predicted molar refractivity (Wildman–Crippen MR) is 97.4 cm³/mol. The van der Waals surface area contributed by atoms with Crippen molar-refractivity contribution in [1.82, 2.24) is 9.38 Å². The highest BCUT2D eigenvalue weighted by Crippen LogP contribution is 2.35. The molecule has 1 amide bonds. The van der Waals surface area contributed by atoms with Gasteiger partial charge in [0.1, 0.15) is 5.65 Å². The van der Waals surface area contributed by atoms with Crippen LogP contribution in [-0.4, -0.2) is 32.9 Å². The molecule has 3 heterocycles. The van der Waals surface area contributed by atoms with Crippen molar-refractivity contribution in [2.75, 3.05) is 11.4 Å². The molecule has 6 nitrogen and oxygen atoms in total. The molecule has 0 spiro atoms. The number of imidazole rings is 1. The largest absolute Gasteiger partial charge is 0.481 e. The van der Waals surface area contributed by atoms with Gasteiger partial charge in [-0.15, -0.1) is 0 Å². The van der Waals surface area contributed by atoms with Gasteiger partial charge in [-0.1, -0.05) is 24.3 Å². The number of fused-ring (bicyclic) bond motifs is 2. The summed E-state index contributed by atoms with van der Waals surface area (Å²) in [5.41, 5.74) is 4.00. The van der Waals surface area contributed by atoms with Crippen LogP contribution in [-0.2, 0) is 16.0 Å². The fourth-order valence-electron chi connectivity index (χ4n) is 3.62. The van der Waals surface area contributed by atoms with Gasteiger partial charge in [0.15, 0.2) is 0 Å². The molecule has 0 bridgehead atoms. The minimum atomic E-state index is -0.847. The van der Waals surface area contributed by atoms with E-state index in [1.54, 1.807) is 11.0 Å². The molecule has 26 heavy (non-hydrogen) atoms. The molecule has 2 aromatic heterocycles. The van der Waals surface area contributed by atoms with Crippen molar-refractivity contribution in [3.8, 4) is 0 Å². The number of hydrogen-bond acceptors (Lipinski definition) is 3. The predicted octanol–water partition coefficient (Wildman–Crippen LogP) is 2.79. The van der Waals surface area contributed by atoms with Crippen LogP contribution in [0.4, 0.5) is 5.69 Å². The van der Waals surface area contributed by atoms with Gasteiger partial charge in [-0.2, -0.15) is 0 Å². The summed E-state index contributed by atoms with van der Waals surface area (Å²) in [6, 6.07) is 11.2. The van der Waals surface area contributed by atoms with Crippen LogP contribution in [0.5, 0.6) is 0 Å². The summed E-state index contributed by atoms with van der Waals surface area (Å²) in [4.78, 5) is 30.7. The Morgan fingerprint density at radius 2 is 2.04 bits per heavy atom. The third kappa shape index (κ3) is 2.73. The minimum absolute atomic E-state index is 0.0673. The van der Waals surface area contributed by atoms with Crippen LogP contribution in [0.25, 0.3) is 5.65 Å². The molecule has 0 fully saturated rings. The zero-order chi connectivity index (χ0) is 18.3. The van der Waals surface area contributed by atoms with E-state index in [1.807, 2.05) is 54.0 Å². The number of hydrogen-bond donors (Lipinski definition) is 1. The summed E-state index contributed by atoms with van der Waals surface area (Å²) in [6.45, 7) is 2.39. The van der Waals surface area contributed by atoms with Crippen molar-refractivity contribution in [2.45, 2.75) is 25.7 Å². The third-order valence-corrected chi connectivity index (χ3v) is 4.90. The molecule has 1 aliphatic rings. The second-order valence-corrected chi connectivity index (χ2v) is 6.61. The maximum atomic E-state index is 12.9. The standard InChI is InChI=1S/C20H19N3O3/c1-13-5-4-9-22-12-14(21-19(13)22)11-18(24)23-10-8-16(20(25)26)15-6-2-3-7-17(15)23/h2-7,9,12,16H,8,10-11H2,1H3,(H,25,26). The third-order valence-electron chi connectivity index (χ3n) is 4.90. The first-order valence-electron chi connectivity index (χ1n) is 8.60. The Bertz CT molecular complexity index is 1010. The average molecular weight is 349 g/mol. The number of aliphatic carboxylic acids is 1. The summed E-state index contributed by atoms with van der Waals surface area (Å²) in [7, 11) is 0. The lowest BCUT2D eigenvalue weighted by atomic mass is 9.90. The minimum Gasteiger partial charge on any atom is -0.481 e. The molecule has 3 aromatic rings. The van der Waals surface area contributed by atoms with Gasteiger partial charge in [0.2, 0.25) is 5.91 Å². The highest BCUT2D eigenvalue weighted by molar-refractivity contribution is 5.97. The monoisotopic (exact) mass is 349 g/mol. The summed E-state index contributed by atoms with van der Waals surface area (Å²) in [6.07, 6.45) is 4.39. The highest BCUT2D eigenvalue weighted by atomic mass is 16.4. The molecule has 4 rings (SSSR count). The van der Waals surface area contributed by atoms with Crippen LogP contribution >= 0.6 is 0 Å². The van der Waals surface area contributed by atoms with Crippen molar-refractivity contribution in [3.63, 3.8) is 0 Å². The first-order chi connectivity index (χ1) is 12.5. The number of carbonyl (C=O) groups is 2. The zero-order valence-electron chi connectivity index (χ0n) is 14.4. The molecule has 0 radical (unpaired) electrons. The first kappa shape index (κ1) is 16.3. The van der Waals surface area contributed by atoms with Gasteiger partial charge in [0.05, 0.1) is 18.0 Å². The van der Waals surface area contributed by atoms with E-state index in [2.05, 4.69) is 4.98 Å². The van der Waals surface area contributed by atoms with Crippen molar-refractivity contribution >= 4 is 23.2 Å². The van der Waals surface area contributed by atoms with Gasteiger partial charge in [0.25, 0.3) is 0 Å². The zero-order valence-corrected chi connectivity index (χ0v) is 14.4. The van der Waals surface area contributed by atoms with Crippen LogP contribution in [0.1, 0.15) is 29.2 Å². The van der Waals surface area contributed by atoms with Crippen LogP contribution in [0, 0.1) is 6.92 Å². The highest BCUT2D eigenvalue weighted by Gasteiger charge is 2.32. The number of pyridine rings is 1. The van der Waals surface area contributed by atoms with Gasteiger partial charge >= 0.3 is 5.97 Å². The number of carbonyl (C=O) groups excluding carboxylic acids is 1. The molecular formula is C20H19N3O3. The molecule has 6 heteroatoms. The second-order valence-electron chi connectivity index (χ2n) is 6.61. The molecule has 0 saturated carbocycles. The number of nitrogens with zero attached hydrogens (tertiary/aromatic N) is 3. The number of aromatic nitrogens is 2. The quantitative estimate of drug-likeness (QED) is 0.789. The number of para-hydroxylation sites is 1. The number of aryl methyl sites for hydroxylation is 1. The number of rotatable bonds is 3. The topological polar surface area (TPSA) is 74.9 Å². The van der Waals surface area contributed by atoms with E-state index in [1.165, 1.54) is 0 Å². The lowest BCUT2D eigenvalue weighted by Crippen LogP contribution is -2.39. The number of amides is 1. The Morgan fingerprint density at radius 1 is 1.23 bits per heavy atom. The molecule has 1 unspecified atom stereocenters. The summed E-state index contributed by atoms with van der Waals surface area (Å²) in [5, 5.41) is 9.44. The molecule has 1 atom stereocenters. The molecule has 1 N–H and O–H groups in total. The van der Waals surface area contributed by atoms with Crippen molar-refractivity contribution in [1.29, 1.82) is 0 Å².